The summed E-state index contributed by atoms with van der Waals surface area (Å²) in [5.41, 5.74) is 0. The zero-order valence-electron chi connectivity index (χ0n) is 14.2. The molecule has 4 unspecified atom stereocenters. The van der Waals surface area contributed by atoms with Gasteiger partial charge in [0.15, 0.2) is 0 Å². The maximum Gasteiger partial charge on any atom is 0.241 e. The van der Waals surface area contributed by atoms with E-state index in [4.69, 9.17) is 0 Å². The molecule has 1 amide bonds. The Morgan fingerprint density at radius 3 is 2.71 bits per heavy atom. The number of carbonyl (C=O) groups excluding carboxylic acids is 1. The highest BCUT2D eigenvalue weighted by atomic mass is 16.2. The molecule has 0 aromatic rings. The van der Waals surface area contributed by atoms with Crippen molar-refractivity contribution in [3.8, 4) is 0 Å². The van der Waals surface area contributed by atoms with Gasteiger partial charge in [-0.2, -0.15) is 0 Å². The van der Waals surface area contributed by atoms with Crippen LogP contribution in [0.1, 0.15) is 78.6 Å². The van der Waals surface area contributed by atoms with Gasteiger partial charge in [-0.25, -0.2) is 0 Å². The number of hydrogen-bond acceptors (Lipinski definition) is 2. The largest absolute Gasteiger partial charge is 0.326 e. The molecule has 2 fully saturated rings. The molecule has 1 aliphatic heterocycles. The average molecular weight is 294 g/mol. The predicted octanol–water partition coefficient (Wildman–Crippen LogP) is 3.93. The third-order valence-electron chi connectivity index (χ3n) is 5.41. The van der Waals surface area contributed by atoms with Crippen molar-refractivity contribution in [2.45, 2.75) is 90.8 Å². The molecule has 1 saturated carbocycles. The van der Waals surface area contributed by atoms with E-state index in [0.717, 1.165) is 37.6 Å². The molecule has 0 aromatic heterocycles. The van der Waals surface area contributed by atoms with E-state index in [0.29, 0.717) is 5.91 Å². The van der Waals surface area contributed by atoms with Crippen molar-refractivity contribution < 1.29 is 4.79 Å². The highest BCUT2D eigenvalue weighted by Crippen LogP contribution is 2.31. The van der Waals surface area contributed by atoms with Crippen LogP contribution in [0.5, 0.6) is 0 Å². The van der Waals surface area contributed by atoms with Crippen molar-refractivity contribution in [1.29, 1.82) is 0 Å². The monoisotopic (exact) mass is 294 g/mol. The third kappa shape index (κ3) is 4.45. The second kappa shape index (κ2) is 8.17. The van der Waals surface area contributed by atoms with Gasteiger partial charge in [-0.1, -0.05) is 52.9 Å². The van der Waals surface area contributed by atoms with Gasteiger partial charge in [0.2, 0.25) is 5.91 Å². The van der Waals surface area contributed by atoms with Gasteiger partial charge in [0.05, 0.1) is 12.2 Å². The molecule has 21 heavy (non-hydrogen) atoms. The molecule has 0 aromatic carbocycles. The Balaban J connectivity index is 1.83. The number of carbonyl (C=O) groups is 1. The molecular formula is C18H34N2O. The maximum atomic E-state index is 12.6. The zero-order chi connectivity index (χ0) is 15.2. The highest BCUT2D eigenvalue weighted by molar-refractivity contribution is 5.84. The Morgan fingerprint density at radius 2 is 2.05 bits per heavy atom. The lowest BCUT2D eigenvalue weighted by molar-refractivity contribution is -0.130. The normalized spacial score (nSPS) is 33.7. The van der Waals surface area contributed by atoms with Crippen molar-refractivity contribution in [3.05, 3.63) is 0 Å². The van der Waals surface area contributed by atoms with E-state index in [9.17, 15) is 4.79 Å². The van der Waals surface area contributed by atoms with Gasteiger partial charge in [-0.3, -0.25) is 10.1 Å². The highest BCUT2D eigenvalue weighted by Gasteiger charge is 2.37. The minimum atomic E-state index is 0.0835. The lowest BCUT2D eigenvalue weighted by Crippen LogP contribution is -2.38. The molecule has 0 spiro atoms. The minimum Gasteiger partial charge on any atom is -0.326 e. The lowest BCUT2D eigenvalue weighted by Gasteiger charge is -2.30. The van der Waals surface area contributed by atoms with Crippen LogP contribution in [0, 0.1) is 11.8 Å². The van der Waals surface area contributed by atoms with Gasteiger partial charge < -0.3 is 4.90 Å². The molecule has 0 radical (unpaired) electrons. The number of nitrogens with zero attached hydrogens (tertiary/aromatic N) is 1. The fraction of sp³-hybridized carbons (Fsp3) is 0.944. The summed E-state index contributed by atoms with van der Waals surface area (Å²) in [5.74, 6) is 2.09. The van der Waals surface area contributed by atoms with E-state index >= 15 is 0 Å². The van der Waals surface area contributed by atoms with Crippen LogP contribution in [0.15, 0.2) is 0 Å². The zero-order valence-corrected chi connectivity index (χ0v) is 14.2. The first kappa shape index (κ1) is 16.8. The summed E-state index contributed by atoms with van der Waals surface area (Å²) in [7, 11) is 0. The predicted molar refractivity (Wildman–Crippen MR) is 88.0 cm³/mol. The number of nitrogens with one attached hydrogen (secondary N) is 1. The summed E-state index contributed by atoms with van der Waals surface area (Å²) in [4.78, 5) is 14.7. The van der Waals surface area contributed by atoms with Gasteiger partial charge in [-0.05, 0) is 37.5 Å². The summed E-state index contributed by atoms with van der Waals surface area (Å²) in [6.45, 7) is 7.72. The van der Waals surface area contributed by atoms with Crippen molar-refractivity contribution >= 4 is 5.91 Å². The molecule has 1 saturated heterocycles. The molecular weight excluding hydrogens is 260 g/mol. The molecule has 3 nitrogen and oxygen atoms in total. The second-order valence-corrected chi connectivity index (χ2v) is 7.24. The molecule has 2 aliphatic rings. The molecule has 4 atom stereocenters. The van der Waals surface area contributed by atoms with Crippen LogP contribution in [0.3, 0.4) is 0 Å². The molecule has 3 heteroatoms. The Hall–Kier alpha value is -0.570. The summed E-state index contributed by atoms with van der Waals surface area (Å²) in [5, 5.41) is 3.55. The molecule has 0 bridgehead atoms. The summed E-state index contributed by atoms with van der Waals surface area (Å²) >= 11 is 0. The Bertz CT molecular complexity index is 331. The molecule has 1 N–H and O–H groups in total. The van der Waals surface area contributed by atoms with E-state index in [1.54, 1.807) is 0 Å². The smallest absolute Gasteiger partial charge is 0.241 e. The van der Waals surface area contributed by atoms with Crippen LogP contribution < -0.4 is 5.32 Å². The van der Waals surface area contributed by atoms with Crippen molar-refractivity contribution in [2.24, 2.45) is 11.8 Å². The second-order valence-electron chi connectivity index (χ2n) is 7.24. The summed E-state index contributed by atoms with van der Waals surface area (Å²) in [6, 6.07) is 0.0835. The maximum absolute atomic E-state index is 12.6. The summed E-state index contributed by atoms with van der Waals surface area (Å²) in [6.07, 6.45) is 11.3. The quantitative estimate of drug-likeness (QED) is 0.771. The molecule has 2 rings (SSSR count). The van der Waals surface area contributed by atoms with E-state index < -0.39 is 0 Å². The topological polar surface area (TPSA) is 32.3 Å². The van der Waals surface area contributed by atoms with Crippen LogP contribution in [-0.4, -0.2) is 29.6 Å². The SMILES string of the molecule is CCCCC1NC(CC)N(CCC2CCCC(C)C2)C1=O. The van der Waals surface area contributed by atoms with Gasteiger partial charge in [0.1, 0.15) is 0 Å². The van der Waals surface area contributed by atoms with Crippen LogP contribution in [0.25, 0.3) is 0 Å². The van der Waals surface area contributed by atoms with Crippen LogP contribution in [0.4, 0.5) is 0 Å². The van der Waals surface area contributed by atoms with E-state index in [1.165, 1.54) is 38.5 Å². The third-order valence-corrected chi connectivity index (χ3v) is 5.41. The minimum absolute atomic E-state index is 0.0835. The lowest BCUT2D eigenvalue weighted by atomic mass is 9.81. The number of amides is 1. The molecule has 1 heterocycles. The van der Waals surface area contributed by atoms with E-state index in [1.807, 2.05) is 0 Å². The fourth-order valence-corrected chi connectivity index (χ4v) is 4.11. The van der Waals surface area contributed by atoms with Gasteiger partial charge in [0, 0.05) is 6.54 Å². The van der Waals surface area contributed by atoms with E-state index in [-0.39, 0.29) is 12.2 Å². The summed E-state index contributed by atoms with van der Waals surface area (Å²) < 4.78 is 0. The fourth-order valence-electron chi connectivity index (χ4n) is 4.11. The molecule has 1 aliphatic carbocycles. The van der Waals surface area contributed by atoms with Gasteiger partial charge in [-0.15, -0.1) is 0 Å². The first-order valence-electron chi connectivity index (χ1n) is 9.22. The Morgan fingerprint density at radius 1 is 1.24 bits per heavy atom. The first-order valence-corrected chi connectivity index (χ1v) is 9.22. The van der Waals surface area contributed by atoms with Crippen molar-refractivity contribution in [2.75, 3.05) is 6.54 Å². The van der Waals surface area contributed by atoms with Gasteiger partial charge in [0.25, 0.3) is 0 Å². The average Bonchev–Trinajstić information content (AvgIpc) is 2.79. The number of hydrogen-bond donors (Lipinski definition) is 1. The van der Waals surface area contributed by atoms with E-state index in [2.05, 4.69) is 31.0 Å². The van der Waals surface area contributed by atoms with Crippen LogP contribution in [-0.2, 0) is 4.79 Å². The molecule has 122 valence electrons. The number of unbranched alkanes of at least 4 members (excludes halogenated alkanes) is 1. The van der Waals surface area contributed by atoms with Gasteiger partial charge >= 0.3 is 0 Å². The first-order chi connectivity index (χ1) is 10.2. The Kier molecular flexibility index (Phi) is 6.53. The van der Waals surface area contributed by atoms with Crippen LogP contribution in [0.2, 0.25) is 0 Å². The van der Waals surface area contributed by atoms with Crippen molar-refractivity contribution in [1.82, 2.24) is 10.2 Å². The standard InChI is InChI=1S/C18H34N2O/c1-4-6-10-16-18(21)20(17(5-2)19-16)12-11-15-9-7-8-14(3)13-15/h14-17,19H,4-13H2,1-3H3. The van der Waals surface area contributed by atoms with Crippen LogP contribution >= 0.6 is 0 Å². The van der Waals surface area contributed by atoms with Crippen molar-refractivity contribution in [3.63, 3.8) is 0 Å². The number of rotatable bonds is 7. The Labute approximate surface area is 130 Å².